The van der Waals surface area contributed by atoms with Gasteiger partial charge >= 0.3 is 11.9 Å². The van der Waals surface area contributed by atoms with Gasteiger partial charge in [-0.1, -0.05) is 11.8 Å². The number of ether oxygens (including phenoxy) is 1. The highest BCUT2D eigenvalue weighted by atomic mass is 32.2. The van der Waals surface area contributed by atoms with Crippen LogP contribution in [-0.2, 0) is 14.3 Å². The fraction of sp³-hybridized carbons (Fsp3) is 0.333. The third-order valence-corrected chi connectivity index (χ3v) is 3.65. The summed E-state index contributed by atoms with van der Waals surface area (Å²) >= 11 is 1.05. The van der Waals surface area contributed by atoms with E-state index in [4.69, 9.17) is 9.84 Å². The van der Waals surface area contributed by atoms with Crippen molar-refractivity contribution in [1.29, 1.82) is 0 Å². The number of carboxylic acids is 1. The van der Waals surface area contributed by atoms with E-state index < -0.39 is 18.0 Å². The third kappa shape index (κ3) is 2.74. The number of methoxy groups -OCH3 is 1. The van der Waals surface area contributed by atoms with Crippen molar-refractivity contribution in [2.45, 2.75) is 18.1 Å². The molecular formula is C12H13N3O4S. The second-order valence-electron chi connectivity index (χ2n) is 4.01. The standard InChI is InChI=1S/C12H13N3O4S/c1-7(11(18)19-2)15-9-3-4-13-5-8(9)14-12(15)20-6-10(16)17/h3-5,7H,6H2,1-2H3,(H,16,17). The van der Waals surface area contributed by atoms with Crippen LogP contribution in [0.25, 0.3) is 11.0 Å². The molecule has 7 nitrogen and oxygen atoms in total. The number of rotatable bonds is 5. The van der Waals surface area contributed by atoms with Gasteiger partial charge in [-0.2, -0.15) is 0 Å². The molecule has 2 aromatic heterocycles. The van der Waals surface area contributed by atoms with Gasteiger partial charge in [-0.15, -0.1) is 0 Å². The van der Waals surface area contributed by atoms with Crippen LogP contribution in [0.15, 0.2) is 23.6 Å². The Kier molecular flexibility index (Phi) is 4.23. The van der Waals surface area contributed by atoms with Crippen LogP contribution in [0.4, 0.5) is 0 Å². The Morgan fingerprint density at radius 2 is 2.30 bits per heavy atom. The molecule has 0 saturated carbocycles. The monoisotopic (exact) mass is 295 g/mol. The first-order valence-corrected chi connectivity index (χ1v) is 6.77. The topological polar surface area (TPSA) is 94.3 Å². The number of nitrogens with zero attached hydrogens (tertiary/aromatic N) is 3. The van der Waals surface area contributed by atoms with Crippen LogP contribution < -0.4 is 0 Å². The van der Waals surface area contributed by atoms with Gasteiger partial charge in [0.25, 0.3) is 0 Å². The van der Waals surface area contributed by atoms with E-state index in [1.165, 1.54) is 7.11 Å². The zero-order chi connectivity index (χ0) is 14.7. The van der Waals surface area contributed by atoms with Gasteiger partial charge in [0.1, 0.15) is 11.6 Å². The second kappa shape index (κ2) is 5.91. The third-order valence-electron chi connectivity index (χ3n) is 2.71. The Balaban J connectivity index is 2.49. The molecule has 1 atom stereocenters. The summed E-state index contributed by atoms with van der Waals surface area (Å²) in [6.45, 7) is 1.68. The first kappa shape index (κ1) is 14.3. The highest BCUT2D eigenvalue weighted by Crippen LogP contribution is 2.27. The minimum atomic E-state index is -0.947. The van der Waals surface area contributed by atoms with Crippen molar-refractivity contribution < 1.29 is 19.4 Å². The molecule has 1 unspecified atom stereocenters. The molecule has 0 amide bonds. The van der Waals surface area contributed by atoms with Crippen LogP contribution in [-0.4, -0.2) is 44.4 Å². The number of aliphatic carboxylic acids is 1. The number of carboxylic acid groups (broad SMARTS) is 1. The fourth-order valence-corrected chi connectivity index (χ4v) is 2.62. The average molecular weight is 295 g/mol. The molecule has 8 heteroatoms. The normalized spacial score (nSPS) is 12.3. The Morgan fingerprint density at radius 1 is 1.55 bits per heavy atom. The minimum absolute atomic E-state index is 0.134. The molecule has 2 heterocycles. The smallest absolute Gasteiger partial charge is 0.328 e. The number of hydrogen-bond donors (Lipinski definition) is 1. The van der Waals surface area contributed by atoms with Crippen molar-refractivity contribution in [3.63, 3.8) is 0 Å². The van der Waals surface area contributed by atoms with E-state index in [0.717, 1.165) is 11.8 Å². The molecule has 0 fully saturated rings. The minimum Gasteiger partial charge on any atom is -0.481 e. The summed E-state index contributed by atoms with van der Waals surface area (Å²) in [5.74, 6) is -1.50. The first-order valence-electron chi connectivity index (χ1n) is 5.79. The van der Waals surface area contributed by atoms with Crippen LogP contribution in [0.2, 0.25) is 0 Å². The molecule has 0 aliphatic rings. The SMILES string of the molecule is COC(=O)C(C)n1c(SCC(=O)O)nc2cnccc21. The van der Waals surface area contributed by atoms with E-state index >= 15 is 0 Å². The summed E-state index contributed by atoms with van der Waals surface area (Å²) in [7, 11) is 1.31. The van der Waals surface area contributed by atoms with E-state index in [-0.39, 0.29) is 5.75 Å². The average Bonchev–Trinajstić information content (AvgIpc) is 2.81. The van der Waals surface area contributed by atoms with Crippen LogP contribution in [0.1, 0.15) is 13.0 Å². The van der Waals surface area contributed by atoms with Crippen molar-refractivity contribution in [1.82, 2.24) is 14.5 Å². The van der Waals surface area contributed by atoms with Crippen LogP contribution in [0, 0.1) is 0 Å². The summed E-state index contributed by atoms with van der Waals surface area (Å²) in [5, 5.41) is 9.22. The number of imidazole rings is 1. The molecule has 0 aromatic carbocycles. The molecule has 1 N–H and O–H groups in total. The molecule has 0 aliphatic carbocycles. The van der Waals surface area contributed by atoms with Crippen LogP contribution in [0.5, 0.6) is 0 Å². The van der Waals surface area contributed by atoms with Gasteiger partial charge in [-0.3, -0.25) is 9.78 Å². The van der Waals surface area contributed by atoms with Crippen LogP contribution in [0.3, 0.4) is 0 Å². The zero-order valence-electron chi connectivity index (χ0n) is 10.9. The Labute approximate surface area is 119 Å². The molecule has 106 valence electrons. The Bertz CT molecular complexity index is 655. The lowest BCUT2D eigenvalue weighted by atomic mass is 10.3. The summed E-state index contributed by atoms with van der Waals surface area (Å²) < 4.78 is 6.40. The van der Waals surface area contributed by atoms with E-state index in [9.17, 15) is 9.59 Å². The predicted molar refractivity (Wildman–Crippen MR) is 72.6 cm³/mol. The van der Waals surface area contributed by atoms with E-state index in [1.807, 2.05) is 0 Å². The molecule has 20 heavy (non-hydrogen) atoms. The van der Waals surface area contributed by atoms with E-state index in [2.05, 4.69) is 9.97 Å². The number of pyridine rings is 1. The lowest BCUT2D eigenvalue weighted by Gasteiger charge is -2.14. The molecular weight excluding hydrogens is 282 g/mol. The van der Waals surface area contributed by atoms with Crippen LogP contribution >= 0.6 is 11.8 Å². The number of aromatic nitrogens is 3. The van der Waals surface area contributed by atoms with Gasteiger partial charge in [-0.05, 0) is 13.0 Å². The lowest BCUT2D eigenvalue weighted by Crippen LogP contribution is -2.18. The van der Waals surface area contributed by atoms with Gasteiger partial charge in [-0.25, -0.2) is 9.78 Å². The first-order chi connectivity index (χ1) is 9.54. The largest absolute Gasteiger partial charge is 0.481 e. The van der Waals surface area contributed by atoms with Crippen molar-refractivity contribution in [3.8, 4) is 0 Å². The Morgan fingerprint density at radius 3 is 2.95 bits per heavy atom. The molecule has 0 radical (unpaired) electrons. The highest BCUT2D eigenvalue weighted by Gasteiger charge is 2.22. The van der Waals surface area contributed by atoms with Crippen molar-refractivity contribution in [3.05, 3.63) is 18.5 Å². The zero-order valence-corrected chi connectivity index (χ0v) is 11.8. The maximum atomic E-state index is 11.7. The molecule has 0 bridgehead atoms. The van der Waals surface area contributed by atoms with Gasteiger partial charge in [0.15, 0.2) is 5.16 Å². The number of fused-ring (bicyclic) bond motifs is 1. The number of carbonyl (C=O) groups is 2. The molecule has 0 aliphatic heterocycles. The fourth-order valence-electron chi connectivity index (χ4n) is 1.81. The van der Waals surface area contributed by atoms with Crippen molar-refractivity contribution >= 4 is 34.7 Å². The number of carbonyl (C=O) groups excluding carboxylic acids is 1. The van der Waals surface area contributed by atoms with Gasteiger partial charge < -0.3 is 14.4 Å². The lowest BCUT2D eigenvalue weighted by molar-refractivity contribution is -0.144. The maximum Gasteiger partial charge on any atom is 0.328 e. The number of esters is 1. The van der Waals surface area contributed by atoms with Gasteiger partial charge in [0.2, 0.25) is 0 Å². The second-order valence-corrected chi connectivity index (χ2v) is 4.95. The molecule has 2 rings (SSSR count). The molecule has 0 spiro atoms. The maximum absolute atomic E-state index is 11.7. The van der Waals surface area contributed by atoms with E-state index in [0.29, 0.717) is 16.2 Å². The summed E-state index contributed by atoms with van der Waals surface area (Å²) in [6.07, 6.45) is 3.16. The Hall–Kier alpha value is -2.09. The molecule has 2 aromatic rings. The van der Waals surface area contributed by atoms with Gasteiger partial charge in [0.05, 0.1) is 24.6 Å². The van der Waals surface area contributed by atoms with Gasteiger partial charge in [0, 0.05) is 6.20 Å². The quantitative estimate of drug-likeness (QED) is 0.657. The summed E-state index contributed by atoms with van der Waals surface area (Å²) in [5.41, 5.74) is 1.32. The summed E-state index contributed by atoms with van der Waals surface area (Å²) in [6, 6.07) is 1.13. The molecule has 0 saturated heterocycles. The van der Waals surface area contributed by atoms with Crippen molar-refractivity contribution in [2.24, 2.45) is 0 Å². The number of thioether (sulfide) groups is 1. The summed E-state index contributed by atoms with van der Waals surface area (Å²) in [4.78, 5) is 30.7. The predicted octanol–water partition coefficient (Wildman–Crippen LogP) is 1.34. The highest BCUT2D eigenvalue weighted by molar-refractivity contribution is 7.99. The van der Waals surface area contributed by atoms with E-state index in [1.54, 1.807) is 30.0 Å². The number of hydrogen-bond acceptors (Lipinski definition) is 6. The van der Waals surface area contributed by atoms with Crippen molar-refractivity contribution in [2.75, 3.05) is 12.9 Å².